The summed E-state index contributed by atoms with van der Waals surface area (Å²) >= 11 is 8.67. The van der Waals surface area contributed by atoms with Crippen LogP contribution in [0.5, 0.6) is 0 Å². The number of aliphatic hydroxyl groups is 2. The van der Waals surface area contributed by atoms with Gasteiger partial charge in [0.25, 0.3) is 0 Å². The molecule has 4 aliphatic heterocycles. The van der Waals surface area contributed by atoms with Crippen molar-refractivity contribution in [2.24, 2.45) is 34.0 Å². The molecule has 36 nitrogen and oxygen atoms in total. The summed E-state index contributed by atoms with van der Waals surface area (Å²) in [6, 6.07) is -6.62. The van der Waals surface area contributed by atoms with Crippen molar-refractivity contribution in [1.29, 1.82) is 0 Å². The monoisotopic (exact) mass is 1560 g/mol. The van der Waals surface area contributed by atoms with Crippen LogP contribution in [0.3, 0.4) is 0 Å². The van der Waals surface area contributed by atoms with Gasteiger partial charge in [0.15, 0.2) is 5.96 Å². The maximum atomic E-state index is 15.1. The molecule has 16 atom stereocenters. The lowest BCUT2D eigenvalue weighted by Gasteiger charge is -2.35. The van der Waals surface area contributed by atoms with Crippen LogP contribution in [0.25, 0.3) is 10.8 Å². The average molecular weight is 1570 g/mol. The van der Waals surface area contributed by atoms with Crippen LogP contribution in [0.4, 0.5) is 0 Å². The van der Waals surface area contributed by atoms with Gasteiger partial charge in [-0.1, -0.05) is 83.0 Å². The van der Waals surface area contributed by atoms with Crippen molar-refractivity contribution in [1.82, 2.24) is 73.2 Å². The highest BCUT2D eigenvalue weighted by molar-refractivity contribution is 7.80. The Morgan fingerprint density at radius 3 is 1.57 bits per heavy atom. The molecule has 20 N–H and O–H groups in total. The second-order valence-electron chi connectivity index (χ2n) is 28.0. The Kier molecular flexibility index (Phi) is 35.0. The molecule has 6 rings (SSSR count). The van der Waals surface area contributed by atoms with Gasteiger partial charge < -0.3 is 106 Å². The summed E-state index contributed by atoms with van der Waals surface area (Å²) in [6.45, 7) is 6.26. The largest absolute Gasteiger partial charge is 0.481 e. The fourth-order valence-electron chi connectivity index (χ4n) is 13.5. The molecule has 4 aliphatic rings. The van der Waals surface area contributed by atoms with E-state index in [1.807, 2.05) is 36.4 Å². The number of amides is 14. The Morgan fingerprint density at radius 2 is 0.991 bits per heavy atom. The molecular weight excluding hydrogens is 1460 g/mol. The predicted molar refractivity (Wildman–Crippen MR) is 405 cm³/mol. The van der Waals surface area contributed by atoms with Crippen LogP contribution in [-0.4, -0.2) is 267 Å². The first-order valence-corrected chi connectivity index (χ1v) is 38.3. The molecule has 2 aromatic rings. The molecule has 0 saturated carbocycles. The molecule has 0 bridgehead atoms. The van der Waals surface area contributed by atoms with Gasteiger partial charge in [-0.25, -0.2) is 0 Å². The molecule has 38 heteroatoms. The quantitative estimate of drug-likeness (QED) is 0.0256. The number of nitrogens with zero attached hydrogens (tertiary/aromatic N) is 4. The van der Waals surface area contributed by atoms with Crippen LogP contribution in [0.15, 0.2) is 47.5 Å². The number of guanidine groups is 1. The summed E-state index contributed by atoms with van der Waals surface area (Å²) in [5.74, 6) is -16.8. The van der Waals surface area contributed by atoms with E-state index in [1.54, 1.807) is 33.8 Å². The highest BCUT2D eigenvalue weighted by atomic mass is 32.1. The molecule has 109 heavy (non-hydrogen) atoms. The van der Waals surface area contributed by atoms with Gasteiger partial charge in [0.1, 0.15) is 78.5 Å². The van der Waals surface area contributed by atoms with Gasteiger partial charge in [-0.2, -0.15) is 25.3 Å². The van der Waals surface area contributed by atoms with Crippen LogP contribution in [0.1, 0.15) is 130 Å². The summed E-state index contributed by atoms with van der Waals surface area (Å²) < 4.78 is 0. The number of nitrogens with one attached hydrogen (secondary N) is 11. The maximum Gasteiger partial charge on any atom is 0.305 e. The first-order chi connectivity index (χ1) is 51.9. The number of aliphatic hydroxyl groups excluding tert-OH is 2. The van der Waals surface area contributed by atoms with E-state index in [1.165, 1.54) is 14.7 Å². The number of hydrogen-bond acceptors (Lipinski definition) is 21. The molecular formula is C71H108N18O18S2. The highest BCUT2D eigenvalue weighted by Gasteiger charge is 2.47. The number of carbonyl (C=O) groups is 15. The number of unbranched alkanes of at least 4 members (excludes halogenated alkanes) is 1. The number of aliphatic carboxylic acids is 1. The van der Waals surface area contributed by atoms with Crippen molar-refractivity contribution >= 4 is 131 Å². The minimum absolute atomic E-state index is 0.00359. The molecule has 602 valence electrons. The Hall–Kier alpha value is -9.40. The van der Waals surface area contributed by atoms with Gasteiger partial charge in [-0.3, -0.25) is 76.9 Å². The minimum Gasteiger partial charge on any atom is -0.481 e. The fourth-order valence-corrected chi connectivity index (χ4v) is 14.0. The molecule has 0 aromatic heterocycles. The van der Waals surface area contributed by atoms with Gasteiger partial charge in [0, 0.05) is 44.1 Å². The molecule has 0 radical (unpaired) electrons. The number of nitrogens with two attached hydrogens (primary N) is 3. The van der Waals surface area contributed by atoms with Crippen molar-refractivity contribution in [3.63, 3.8) is 0 Å². The Labute approximate surface area is 643 Å². The van der Waals surface area contributed by atoms with Crippen LogP contribution >= 0.6 is 25.3 Å². The van der Waals surface area contributed by atoms with Crippen molar-refractivity contribution in [2.75, 3.05) is 57.4 Å². The van der Waals surface area contributed by atoms with Gasteiger partial charge in [0.05, 0.1) is 25.7 Å². The first-order valence-electron chi connectivity index (χ1n) is 37.1. The zero-order chi connectivity index (χ0) is 80.3. The van der Waals surface area contributed by atoms with Crippen molar-refractivity contribution in [2.45, 2.75) is 216 Å². The van der Waals surface area contributed by atoms with Gasteiger partial charge >= 0.3 is 5.97 Å². The van der Waals surface area contributed by atoms with Crippen molar-refractivity contribution < 1.29 is 87.2 Å². The zero-order valence-electron chi connectivity index (χ0n) is 62.1. The number of hydrogen-bond donors (Lipinski definition) is 19. The summed E-state index contributed by atoms with van der Waals surface area (Å²) in [6.07, 6.45) is -0.778. The van der Waals surface area contributed by atoms with Gasteiger partial charge in [-0.05, 0) is 112 Å². The van der Waals surface area contributed by atoms with E-state index in [4.69, 9.17) is 17.2 Å². The minimum atomic E-state index is -1.88. The molecule has 4 heterocycles. The van der Waals surface area contributed by atoms with E-state index in [-0.39, 0.29) is 102 Å². The van der Waals surface area contributed by atoms with Crippen LogP contribution in [-0.2, 0) is 78.3 Å². The Bertz CT molecular complexity index is 3630. The Morgan fingerprint density at radius 1 is 0.523 bits per heavy atom. The number of fused-ring (bicyclic) bond motifs is 4. The normalized spacial score (nSPS) is 27.4. The van der Waals surface area contributed by atoms with E-state index in [0.717, 1.165) is 17.7 Å². The van der Waals surface area contributed by atoms with E-state index < -0.39 is 210 Å². The van der Waals surface area contributed by atoms with Crippen LogP contribution < -0.4 is 75.7 Å². The maximum absolute atomic E-state index is 15.1. The molecule has 0 aliphatic carbocycles. The first kappa shape index (κ1) is 88.5. The molecule has 4 fully saturated rings. The average Bonchev–Trinajstić information content (AvgIpc) is 1.70. The number of thiol groups is 2. The van der Waals surface area contributed by atoms with E-state index >= 15 is 4.79 Å². The smallest absolute Gasteiger partial charge is 0.305 e. The number of rotatable bonds is 20. The predicted octanol–water partition coefficient (Wildman–Crippen LogP) is -4.68. The summed E-state index contributed by atoms with van der Waals surface area (Å²) in [5, 5.41) is 61.0. The molecule has 0 spiro atoms. The third-order valence-corrected chi connectivity index (χ3v) is 20.8. The Balaban J connectivity index is 1.36. The lowest BCUT2D eigenvalue weighted by molar-refractivity contribution is -0.149. The third kappa shape index (κ3) is 25.1. The molecule has 4 saturated heterocycles. The van der Waals surface area contributed by atoms with Crippen LogP contribution in [0.2, 0.25) is 0 Å². The second kappa shape index (κ2) is 43.1. The summed E-state index contributed by atoms with van der Waals surface area (Å²) in [7, 11) is 0. The second-order valence-corrected chi connectivity index (χ2v) is 28.7. The number of benzene rings is 2. The number of carbonyl (C=O) groups excluding carboxylic acids is 14. The number of aliphatic imine (C=N–C) groups is 1. The standard InChI is InChI=1S/C71H108N18O18S2/c1-6-37(3)55-66(103)83-48(35-108)62(99)80-46(31-40-23-24-41-16-8-9-17-42(41)30-40)68(105)87-27-13-20-50(87)64(101)79-45(32-54(93)94)58(95)76-33-53(92)77-43(19-12-26-75-71(73)74)59(96)82-49(36-109)63(100)86-57(39(5)91)67(104)78-44(18-10-11-25-72)60(97)81-47(34-90)61(98)85-56(38(4)7-2)70(107)89-29-15-22-52(89)69(106)88-28-14-21-51(88)65(102)84-55/h8-9,16-17,23-24,30,37-39,43-52,55-57,90-91,108-109H,6-7,10-15,18-22,25-29,31-36,72H2,1-5H3,(H,76,95)(H,77,92)(H,78,104)(H,79,101)(H,80,99)(H,81,97)(H,82,96)(H,83,103)(H,84,102)(H,85,98)(H,86,100)(H,93,94)(H4,73,74,75)/t37-,38-,39+,43-,44-,45-,46-,47-,48-,49-,50-,51-,52-,55-,56-,57-/m0/s1. The highest BCUT2D eigenvalue weighted by Crippen LogP contribution is 2.28. The summed E-state index contributed by atoms with van der Waals surface area (Å²) in [5.41, 5.74) is 17.4. The SMILES string of the molecule is CC[C@H](C)[C@@H]1NC(=O)[C@@H]2CCCN2C(=O)[C@@H]2CCCN2C(=O)[C@H]([C@@H](C)CC)NC(=O)[C@H](CO)NC(=O)[C@H](CCCCN)NC(=O)[C@H]([C@@H](C)O)NC(=O)[C@H](CS)NC(=O)[C@H](CCCN=C(N)N)NC(=O)CNC(=O)[C@H](CC(=O)O)NC(=O)[C@@H]2CCCN2C(=O)[C@H](Cc2ccc3ccccc3c2)NC(=O)[C@H](CS)NC1=O. The fraction of sp³-hybridized carbons (Fsp3) is 0.634. The number of carboxylic acids is 1. The van der Waals surface area contributed by atoms with Crippen molar-refractivity contribution in [3.05, 3.63) is 48.0 Å². The number of carboxylic acid groups (broad SMARTS) is 1. The lowest BCUT2D eigenvalue weighted by atomic mass is 9.96. The summed E-state index contributed by atoms with van der Waals surface area (Å²) in [4.78, 5) is 222. The van der Waals surface area contributed by atoms with Crippen LogP contribution in [0, 0.1) is 11.8 Å². The molecule has 14 amide bonds. The van der Waals surface area contributed by atoms with E-state index in [0.29, 0.717) is 37.7 Å². The van der Waals surface area contributed by atoms with Gasteiger partial charge in [-0.15, -0.1) is 0 Å². The lowest BCUT2D eigenvalue weighted by Crippen LogP contribution is -2.63. The van der Waals surface area contributed by atoms with E-state index in [9.17, 15) is 82.4 Å². The van der Waals surface area contributed by atoms with E-state index in [2.05, 4.69) is 88.7 Å². The zero-order valence-corrected chi connectivity index (χ0v) is 63.9. The van der Waals surface area contributed by atoms with Crippen molar-refractivity contribution in [3.8, 4) is 0 Å². The molecule has 2 aromatic carbocycles. The topological polar surface area (TPSA) is 549 Å². The van der Waals surface area contributed by atoms with Gasteiger partial charge in [0.2, 0.25) is 82.7 Å². The third-order valence-electron chi connectivity index (χ3n) is 20.1. The molecule has 0 unspecified atom stereocenters.